The third-order valence-corrected chi connectivity index (χ3v) is 2.92. The summed E-state index contributed by atoms with van der Waals surface area (Å²) >= 11 is 0. The molecule has 0 radical (unpaired) electrons. The number of allylic oxidation sites excluding steroid dienone is 7. The van der Waals surface area contributed by atoms with E-state index in [1.165, 1.54) is 11.1 Å². The molecular formula is C17H27N. The highest BCUT2D eigenvalue weighted by Gasteiger charge is 2.01. The van der Waals surface area contributed by atoms with Crippen LogP contribution in [0.3, 0.4) is 0 Å². The minimum Gasteiger partial charge on any atom is -0.388 e. The highest BCUT2D eigenvalue weighted by molar-refractivity contribution is 5.29. The molecule has 18 heavy (non-hydrogen) atoms. The van der Waals surface area contributed by atoms with Crippen molar-refractivity contribution < 1.29 is 0 Å². The molecule has 0 aliphatic carbocycles. The van der Waals surface area contributed by atoms with E-state index in [1.54, 1.807) is 0 Å². The Morgan fingerprint density at radius 1 is 1.22 bits per heavy atom. The summed E-state index contributed by atoms with van der Waals surface area (Å²) in [4.78, 5) is 0. The maximum Gasteiger partial charge on any atom is 0.0331 e. The minimum atomic E-state index is 0.563. The molecule has 0 spiro atoms. The van der Waals surface area contributed by atoms with Crippen molar-refractivity contribution in [2.24, 2.45) is 5.92 Å². The Morgan fingerprint density at radius 3 is 2.33 bits per heavy atom. The van der Waals surface area contributed by atoms with E-state index >= 15 is 0 Å². The fourth-order valence-corrected chi connectivity index (χ4v) is 1.48. The zero-order valence-electron chi connectivity index (χ0n) is 12.3. The molecule has 0 aliphatic rings. The van der Waals surface area contributed by atoms with Crippen LogP contribution in [0.15, 0.2) is 60.4 Å². The first-order valence-corrected chi connectivity index (χ1v) is 6.56. The summed E-state index contributed by atoms with van der Waals surface area (Å²) in [5.41, 5.74) is 3.65. The van der Waals surface area contributed by atoms with E-state index in [1.807, 2.05) is 20.0 Å². The Labute approximate surface area is 113 Å². The minimum absolute atomic E-state index is 0.563. The zero-order valence-corrected chi connectivity index (χ0v) is 12.3. The molecule has 0 heterocycles. The second kappa shape index (κ2) is 9.52. The van der Waals surface area contributed by atoms with Crippen LogP contribution in [0.4, 0.5) is 0 Å². The molecule has 1 N–H and O–H groups in total. The fraction of sp³-hybridized carbons (Fsp3) is 0.412. The van der Waals surface area contributed by atoms with Gasteiger partial charge in [0.1, 0.15) is 0 Å². The van der Waals surface area contributed by atoms with E-state index < -0.39 is 0 Å². The lowest BCUT2D eigenvalue weighted by molar-refractivity contribution is 0.714. The Balaban J connectivity index is 4.66. The van der Waals surface area contributed by atoms with Crippen molar-refractivity contribution in [2.75, 3.05) is 7.05 Å². The fourth-order valence-electron chi connectivity index (χ4n) is 1.48. The Bertz CT molecular complexity index is 354. The SMILES string of the molecule is C=C\C(=C/C=C(\C=C/C)CCC(=C)C(C)C)NC. The third kappa shape index (κ3) is 6.95. The Kier molecular flexibility index (Phi) is 8.73. The van der Waals surface area contributed by atoms with Crippen molar-refractivity contribution >= 4 is 0 Å². The lowest BCUT2D eigenvalue weighted by Crippen LogP contribution is -2.01. The molecule has 0 aliphatic heterocycles. The van der Waals surface area contributed by atoms with Gasteiger partial charge in [-0.3, -0.25) is 0 Å². The van der Waals surface area contributed by atoms with Crippen LogP contribution in [0.2, 0.25) is 0 Å². The quantitative estimate of drug-likeness (QED) is 0.480. The molecule has 0 unspecified atom stereocenters. The Morgan fingerprint density at radius 2 is 1.89 bits per heavy atom. The molecule has 0 saturated heterocycles. The van der Waals surface area contributed by atoms with Crippen LogP contribution in [-0.2, 0) is 0 Å². The van der Waals surface area contributed by atoms with Crippen LogP contribution < -0.4 is 5.32 Å². The van der Waals surface area contributed by atoms with Crippen LogP contribution in [0, 0.1) is 5.92 Å². The van der Waals surface area contributed by atoms with Crippen molar-refractivity contribution in [1.29, 1.82) is 0 Å². The standard InChI is InChI=1S/C17H27N/c1-7-9-16(11-10-15(5)14(3)4)12-13-17(8-2)18-6/h7-9,12-14,18H,2,5,10-11H2,1,3-4,6H3/b9-7-,16-12+,17-13+. The van der Waals surface area contributed by atoms with Gasteiger partial charge in [0.2, 0.25) is 0 Å². The molecule has 0 rings (SSSR count). The summed E-state index contributed by atoms with van der Waals surface area (Å²) in [6.07, 6.45) is 12.3. The second-order valence-corrected chi connectivity index (χ2v) is 4.63. The van der Waals surface area contributed by atoms with Gasteiger partial charge in [0, 0.05) is 12.7 Å². The molecular weight excluding hydrogens is 218 g/mol. The maximum absolute atomic E-state index is 4.12. The summed E-state index contributed by atoms with van der Waals surface area (Å²) < 4.78 is 0. The van der Waals surface area contributed by atoms with Gasteiger partial charge in [-0.05, 0) is 43.4 Å². The lowest BCUT2D eigenvalue weighted by atomic mass is 9.97. The predicted molar refractivity (Wildman–Crippen MR) is 83.4 cm³/mol. The monoisotopic (exact) mass is 245 g/mol. The highest BCUT2D eigenvalue weighted by Crippen LogP contribution is 2.18. The molecule has 1 heteroatoms. The molecule has 0 aromatic rings. The van der Waals surface area contributed by atoms with E-state index in [2.05, 4.69) is 56.6 Å². The number of likely N-dealkylation sites (N-methyl/N-ethyl adjacent to an activating group) is 1. The van der Waals surface area contributed by atoms with Crippen molar-refractivity contribution in [3.05, 3.63) is 60.4 Å². The van der Waals surface area contributed by atoms with Gasteiger partial charge in [-0.2, -0.15) is 0 Å². The van der Waals surface area contributed by atoms with Gasteiger partial charge in [0.15, 0.2) is 0 Å². The van der Waals surface area contributed by atoms with E-state index in [0.717, 1.165) is 18.5 Å². The van der Waals surface area contributed by atoms with Crippen molar-refractivity contribution in [1.82, 2.24) is 5.32 Å². The topological polar surface area (TPSA) is 12.0 Å². The first-order chi connectivity index (χ1) is 8.54. The molecule has 100 valence electrons. The first-order valence-electron chi connectivity index (χ1n) is 6.56. The number of rotatable bonds is 8. The number of hydrogen-bond donors (Lipinski definition) is 1. The average molecular weight is 245 g/mol. The van der Waals surface area contributed by atoms with Gasteiger partial charge in [-0.25, -0.2) is 0 Å². The van der Waals surface area contributed by atoms with Gasteiger partial charge < -0.3 is 5.32 Å². The van der Waals surface area contributed by atoms with E-state index in [9.17, 15) is 0 Å². The van der Waals surface area contributed by atoms with E-state index in [4.69, 9.17) is 0 Å². The summed E-state index contributed by atoms with van der Waals surface area (Å²) in [5.74, 6) is 0.563. The number of hydrogen-bond acceptors (Lipinski definition) is 1. The second-order valence-electron chi connectivity index (χ2n) is 4.63. The first kappa shape index (κ1) is 16.5. The van der Waals surface area contributed by atoms with Gasteiger partial charge in [-0.1, -0.05) is 50.8 Å². The molecule has 0 aromatic carbocycles. The summed E-state index contributed by atoms with van der Waals surface area (Å²) in [5, 5.41) is 3.09. The summed E-state index contributed by atoms with van der Waals surface area (Å²) in [7, 11) is 1.90. The Hall–Kier alpha value is -1.50. The van der Waals surface area contributed by atoms with Gasteiger partial charge in [0.25, 0.3) is 0 Å². The number of nitrogens with one attached hydrogen (secondary N) is 1. The van der Waals surface area contributed by atoms with Crippen LogP contribution in [0.25, 0.3) is 0 Å². The average Bonchev–Trinajstić information content (AvgIpc) is 2.36. The molecule has 0 amide bonds. The molecule has 0 fully saturated rings. The molecule has 0 bridgehead atoms. The normalized spacial score (nSPS) is 13.2. The maximum atomic E-state index is 4.12. The van der Waals surface area contributed by atoms with Gasteiger partial charge >= 0.3 is 0 Å². The van der Waals surface area contributed by atoms with Crippen molar-refractivity contribution in [2.45, 2.75) is 33.6 Å². The molecule has 0 aromatic heterocycles. The lowest BCUT2D eigenvalue weighted by Gasteiger charge is -2.09. The smallest absolute Gasteiger partial charge is 0.0331 e. The van der Waals surface area contributed by atoms with Gasteiger partial charge in [-0.15, -0.1) is 0 Å². The van der Waals surface area contributed by atoms with E-state index in [0.29, 0.717) is 5.92 Å². The van der Waals surface area contributed by atoms with Crippen LogP contribution in [0.1, 0.15) is 33.6 Å². The van der Waals surface area contributed by atoms with Crippen LogP contribution >= 0.6 is 0 Å². The third-order valence-electron chi connectivity index (χ3n) is 2.92. The van der Waals surface area contributed by atoms with Crippen LogP contribution in [-0.4, -0.2) is 7.05 Å². The van der Waals surface area contributed by atoms with E-state index in [-0.39, 0.29) is 0 Å². The highest BCUT2D eigenvalue weighted by atomic mass is 14.8. The van der Waals surface area contributed by atoms with Crippen molar-refractivity contribution in [3.63, 3.8) is 0 Å². The molecule has 0 atom stereocenters. The molecule has 0 saturated carbocycles. The molecule has 1 nitrogen and oxygen atoms in total. The van der Waals surface area contributed by atoms with Gasteiger partial charge in [0.05, 0.1) is 0 Å². The summed E-state index contributed by atoms with van der Waals surface area (Å²) in [6.45, 7) is 14.3. The largest absolute Gasteiger partial charge is 0.388 e. The van der Waals surface area contributed by atoms with Crippen LogP contribution in [0.5, 0.6) is 0 Å². The zero-order chi connectivity index (χ0) is 14.0. The van der Waals surface area contributed by atoms with Crippen molar-refractivity contribution in [3.8, 4) is 0 Å². The summed E-state index contributed by atoms with van der Waals surface area (Å²) in [6, 6.07) is 0. The predicted octanol–water partition coefficient (Wildman–Crippen LogP) is 4.77.